The maximum atomic E-state index is 12.4. The van der Waals surface area contributed by atoms with Crippen LogP contribution in [0, 0.1) is 6.92 Å². The lowest BCUT2D eigenvalue weighted by Gasteiger charge is -2.07. The molecule has 0 aliphatic carbocycles. The standard InChI is InChI=1S/C19H14Cl2N4OS/c1-11-4-2-3-5-16(11)25-17-14(9-22-25)18(26)24-19(23-17)27-10-12-6-7-13(20)8-15(12)21/h2-9H,10H2,1H3,(H,23,24,26). The topological polar surface area (TPSA) is 63.6 Å². The Labute approximate surface area is 169 Å². The maximum Gasteiger partial charge on any atom is 0.262 e. The number of halogens is 2. The molecule has 2 aromatic heterocycles. The smallest absolute Gasteiger partial charge is 0.262 e. The average Bonchev–Trinajstić information content (AvgIpc) is 3.06. The first kappa shape index (κ1) is 18.1. The quantitative estimate of drug-likeness (QED) is 0.374. The molecule has 136 valence electrons. The Balaban J connectivity index is 1.71. The largest absolute Gasteiger partial charge is 0.301 e. The molecule has 0 fully saturated rings. The molecule has 0 amide bonds. The highest BCUT2D eigenvalue weighted by molar-refractivity contribution is 7.98. The molecule has 0 saturated heterocycles. The van der Waals surface area contributed by atoms with Gasteiger partial charge in [0, 0.05) is 15.8 Å². The van der Waals surface area contributed by atoms with E-state index >= 15 is 0 Å². The predicted octanol–water partition coefficient (Wildman–Crippen LogP) is 5.02. The van der Waals surface area contributed by atoms with Crippen molar-refractivity contribution in [3.63, 3.8) is 0 Å². The number of thioether (sulfide) groups is 1. The molecule has 0 radical (unpaired) electrons. The van der Waals surface area contributed by atoms with Crippen molar-refractivity contribution in [2.45, 2.75) is 17.8 Å². The fourth-order valence-corrected chi connectivity index (χ4v) is 4.14. The lowest BCUT2D eigenvalue weighted by atomic mass is 10.2. The number of fused-ring (bicyclic) bond motifs is 1. The Kier molecular flexibility index (Phi) is 4.95. The van der Waals surface area contributed by atoms with Gasteiger partial charge in [0.15, 0.2) is 10.8 Å². The van der Waals surface area contributed by atoms with Crippen LogP contribution in [0.2, 0.25) is 10.0 Å². The van der Waals surface area contributed by atoms with Crippen molar-refractivity contribution in [1.82, 2.24) is 19.7 Å². The number of aromatic nitrogens is 4. The molecule has 1 N–H and O–H groups in total. The fraction of sp³-hybridized carbons (Fsp3) is 0.105. The van der Waals surface area contributed by atoms with E-state index in [0.29, 0.717) is 32.0 Å². The van der Waals surface area contributed by atoms with Gasteiger partial charge < -0.3 is 4.98 Å². The molecular formula is C19H14Cl2N4OS. The van der Waals surface area contributed by atoms with E-state index in [0.717, 1.165) is 16.8 Å². The molecule has 0 aliphatic heterocycles. The van der Waals surface area contributed by atoms with Gasteiger partial charge in [-0.3, -0.25) is 4.79 Å². The summed E-state index contributed by atoms with van der Waals surface area (Å²) in [6.07, 6.45) is 1.54. The zero-order valence-corrected chi connectivity index (χ0v) is 16.6. The van der Waals surface area contributed by atoms with E-state index < -0.39 is 0 Å². The van der Waals surface area contributed by atoms with Gasteiger partial charge in [-0.1, -0.05) is 59.2 Å². The van der Waals surface area contributed by atoms with E-state index in [2.05, 4.69) is 15.1 Å². The third kappa shape index (κ3) is 3.60. The van der Waals surface area contributed by atoms with Crippen molar-refractivity contribution in [3.05, 3.63) is 80.2 Å². The van der Waals surface area contributed by atoms with E-state index in [9.17, 15) is 4.79 Å². The average molecular weight is 417 g/mol. The van der Waals surface area contributed by atoms with Crippen LogP contribution in [-0.2, 0) is 5.75 Å². The number of para-hydroxylation sites is 1. The van der Waals surface area contributed by atoms with Crippen LogP contribution in [0.15, 0.2) is 58.6 Å². The van der Waals surface area contributed by atoms with Crippen molar-refractivity contribution in [1.29, 1.82) is 0 Å². The summed E-state index contributed by atoms with van der Waals surface area (Å²) in [5, 5.41) is 6.49. The van der Waals surface area contributed by atoms with Crippen LogP contribution in [0.25, 0.3) is 16.7 Å². The van der Waals surface area contributed by atoms with Gasteiger partial charge in [0.05, 0.1) is 11.9 Å². The third-order valence-electron chi connectivity index (χ3n) is 4.14. The zero-order valence-electron chi connectivity index (χ0n) is 14.2. The molecule has 0 atom stereocenters. The number of aryl methyl sites for hydroxylation is 1. The monoisotopic (exact) mass is 416 g/mol. The second kappa shape index (κ2) is 7.38. The number of benzene rings is 2. The number of rotatable bonds is 4. The van der Waals surface area contributed by atoms with Crippen LogP contribution in [0.5, 0.6) is 0 Å². The van der Waals surface area contributed by atoms with Gasteiger partial charge in [-0.2, -0.15) is 5.10 Å². The predicted molar refractivity (Wildman–Crippen MR) is 110 cm³/mol. The highest BCUT2D eigenvalue weighted by Crippen LogP contribution is 2.27. The summed E-state index contributed by atoms with van der Waals surface area (Å²) in [4.78, 5) is 19.9. The number of nitrogens with one attached hydrogen (secondary N) is 1. The van der Waals surface area contributed by atoms with Gasteiger partial charge in [0.2, 0.25) is 0 Å². The number of nitrogens with zero attached hydrogens (tertiary/aromatic N) is 3. The minimum Gasteiger partial charge on any atom is -0.301 e. The van der Waals surface area contributed by atoms with Gasteiger partial charge in [0.1, 0.15) is 5.39 Å². The highest BCUT2D eigenvalue weighted by Gasteiger charge is 2.13. The molecule has 4 aromatic rings. The molecule has 0 bridgehead atoms. The number of hydrogen-bond acceptors (Lipinski definition) is 4. The Bertz CT molecular complexity index is 1200. The van der Waals surface area contributed by atoms with E-state index in [4.69, 9.17) is 23.2 Å². The van der Waals surface area contributed by atoms with Crippen molar-refractivity contribution >= 4 is 46.0 Å². The van der Waals surface area contributed by atoms with Crippen LogP contribution >= 0.6 is 35.0 Å². The fourth-order valence-electron chi connectivity index (χ4n) is 2.73. The van der Waals surface area contributed by atoms with E-state index in [1.54, 1.807) is 16.8 Å². The highest BCUT2D eigenvalue weighted by atomic mass is 35.5. The number of H-pyrrole nitrogens is 1. The molecule has 2 aromatic carbocycles. The molecular weight excluding hydrogens is 403 g/mol. The number of hydrogen-bond donors (Lipinski definition) is 1. The Hall–Kier alpha value is -2.28. The summed E-state index contributed by atoms with van der Waals surface area (Å²) in [5.74, 6) is 0.558. The van der Waals surface area contributed by atoms with Crippen LogP contribution in [0.3, 0.4) is 0 Å². The van der Waals surface area contributed by atoms with Gasteiger partial charge in [0.25, 0.3) is 5.56 Å². The Morgan fingerprint density at radius 3 is 2.78 bits per heavy atom. The lowest BCUT2D eigenvalue weighted by molar-refractivity contribution is 0.867. The molecule has 8 heteroatoms. The van der Waals surface area contributed by atoms with Gasteiger partial charge in [-0.05, 0) is 36.2 Å². The second-order valence-electron chi connectivity index (χ2n) is 5.98. The minimum atomic E-state index is -0.218. The zero-order chi connectivity index (χ0) is 19.0. The minimum absolute atomic E-state index is 0.218. The summed E-state index contributed by atoms with van der Waals surface area (Å²) in [5.41, 5.74) is 3.16. The molecule has 0 spiro atoms. The van der Waals surface area contributed by atoms with Crippen molar-refractivity contribution in [3.8, 4) is 5.69 Å². The molecule has 2 heterocycles. The van der Waals surface area contributed by atoms with Gasteiger partial charge in [-0.15, -0.1) is 0 Å². The van der Waals surface area contributed by atoms with Gasteiger partial charge in [-0.25, -0.2) is 9.67 Å². The SMILES string of the molecule is Cc1ccccc1-n1ncc2c(=O)[nH]c(SCc3ccc(Cl)cc3Cl)nc21. The second-order valence-corrected chi connectivity index (χ2v) is 7.78. The third-order valence-corrected chi connectivity index (χ3v) is 5.65. The van der Waals surface area contributed by atoms with Gasteiger partial charge >= 0.3 is 0 Å². The summed E-state index contributed by atoms with van der Waals surface area (Å²) in [6, 6.07) is 13.2. The molecule has 0 aliphatic rings. The first-order valence-corrected chi connectivity index (χ1v) is 9.88. The molecule has 0 unspecified atom stereocenters. The molecule has 5 nitrogen and oxygen atoms in total. The van der Waals surface area contributed by atoms with Crippen LogP contribution in [0.1, 0.15) is 11.1 Å². The van der Waals surface area contributed by atoms with Crippen LogP contribution < -0.4 is 5.56 Å². The lowest BCUT2D eigenvalue weighted by Crippen LogP contribution is -2.10. The van der Waals surface area contributed by atoms with E-state index in [-0.39, 0.29) is 5.56 Å². The van der Waals surface area contributed by atoms with E-state index in [1.165, 1.54) is 18.0 Å². The first-order valence-electron chi connectivity index (χ1n) is 8.14. The van der Waals surface area contributed by atoms with E-state index in [1.807, 2.05) is 37.3 Å². The van der Waals surface area contributed by atoms with Crippen molar-refractivity contribution in [2.24, 2.45) is 0 Å². The van der Waals surface area contributed by atoms with Crippen molar-refractivity contribution < 1.29 is 0 Å². The molecule has 4 rings (SSSR count). The molecule has 27 heavy (non-hydrogen) atoms. The summed E-state index contributed by atoms with van der Waals surface area (Å²) >= 11 is 13.6. The van der Waals surface area contributed by atoms with Crippen molar-refractivity contribution in [2.75, 3.05) is 0 Å². The Morgan fingerprint density at radius 1 is 1.19 bits per heavy atom. The first-order chi connectivity index (χ1) is 13.0. The van der Waals surface area contributed by atoms with Crippen LogP contribution in [-0.4, -0.2) is 19.7 Å². The number of aromatic amines is 1. The maximum absolute atomic E-state index is 12.4. The molecule has 0 saturated carbocycles. The Morgan fingerprint density at radius 2 is 2.00 bits per heavy atom. The van der Waals surface area contributed by atoms with Crippen LogP contribution in [0.4, 0.5) is 0 Å². The summed E-state index contributed by atoms with van der Waals surface area (Å²) in [7, 11) is 0. The summed E-state index contributed by atoms with van der Waals surface area (Å²) in [6.45, 7) is 1.99. The normalized spacial score (nSPS) is 11.2. The summed E-state index contributed by atoms with van der Waals surface area (Å²) < 4.78 is 1.69.